The number of aryl methyl sites for hydroxylation is 1. The number of nitrogens with one attached hydrogen (secondary N) is 2. The van der Waals surface area contributed by atoms with Crippen molar-refractivity contribution < 1.29 is 9.18 Å². The van der Waals surface area contributed by atoms with Gasteiger partial charge in [0, 0.05) is 24.7 Å². The second-order valence-electron chi connectivity index (χ2n) is 8.14. The molecule has 148 valence electrons. The number of carbonyl (C=O) groups is 1. The molecule has 2 aromatic carbocycles. The van der Waals surface area contributed by atoms with E-state index in [-0.39, 0.29) is 17.8 Å². The van der Waals surface area contributed by atoms with Gasteiger partial charge in [0.05, 0.1) is 5.69 Å². The number of piperidine rings is 2. The molecule has 0 aliphatic carbocycles. The Kier molecular flexibility index (Phi) is 5.62. The summed E-state index contributed by atoms with van der Waals surface area (Å²) in [6.45, 7) is 3.09. The highest BCUT2D eigenvalue weighted by molar-refractivity contribution is 5.89. The third-order valence-electron chi connectivity index (χ3n) is 6.07. The summed E-state index contributed by atoms with van der Waals surface area (Å²) in [6.07, 6.45) is 5.51. The number of hydrogen-bond donors (Lipinski definition) is 2. The largest absolute Gasteiger partial charge is 0.335 e. The van der Waals surface area contributed by atoms with E-state index in [4.69, 9.17) is 0 Å². The Morgan fingerprint density at radius 3 is 2.43 bits per heavy atom. The average Bonchev–Trinajstić information content (AvgIpc) is 2.66. The summed E-state index contributed by atoms with van der Waals surface area (Å²) >= 11 is 0. The molecule has 4 rings (SSSR count). The van der Waals surface area contributed by atoms with Crippen LogP contribution in [-0.2, 0) is 6.54 Å². The number of para-hydroxylation sites is 1. The van der Waals surface area contributed by atoms with E-state index >= 15 is 0 Å². The van der Waals surface area contributed by atoms with Crippen LogP contribution in [0.3, 0.4) is 0 Å². The zero-order chi connectivity index (χ0) is 19.5. The second-order valence-corrected chi connectivity index (χ2v) is 8.14. The highest BCUT2D eigenvalue weighted by atomic mass is 19.1. The van der Waals surface area contributed by atoms with Crippen LogP contribution < -0.4 is 10.6 Å². The number of fused-ring (bicyclic) bond motifs is 2. The Morgan fingerprint density at radius 1 is 1.07 bits per heavy atom. The molecule has 2 bridgehead atoms. The summed E-state index contributed by atoms with van der Waals surface area (Å²) in [6, 6.07) is 15.8. The third-order valence-corrected chi connectivity index (χ3v) is 6.07. The maximum Gasteiger partial charge on any atom is 0.319 e. The minimum Gasteiger partial charge on any atom is -0.335 e. The second kappa shape index (κ2) is 8.31. The van der Waals surface area contributed by atoms with E-state index in [1.54, 1.807) is 18.2 Å². The van der Waals surface area contributed by atoms with E-state index in [2.05, 4.69) is 46.7 Å². The molecule has 1 unspecified atom stereocenters. The van der Waals surface area contributed by atoms with Crippen molar-refractivity contribution in [2.75, 3.05) is 5.32 Å². The predicted octanol–water partition coefficient (Wildman–Crippen LogP) is 4.84. The standard InChI is InChI=1S/C23H28FN3O/c1-16-9-11-17(12-10-16)15-27-19-5-4-6-20(27)14-18(13-19)25-23(28)26-22-8-3-2-7-21(22)24/h2-3,7-12,18-20H,4-6,13-15H2,1H3,(H2,25,26,28)/t18?,19-,20+. The number of nitrogens with zero attached hydrogens (tertiary/aromatic N) is 1. The molecule has 0 spiro atoms. The lowest BCUT2D eigenvalue weighted by Gasteiger charge is -2.49. The SMILES string of the molecule is Cc1ccc(CN2[C@@H]3CCC[C@H]2CC(NC(=O)Nc2ccccc2F)C3)cc1. The van der Waals surface area contributed by atoms with Crippen LogP contribution in [0.4, 0.5) is 14.9 Å². The van der Waals surface area contributed by atoms with Crippen molar-refractivity contribution in [3.05, 3.63) is 65.5 Å². The molecule has 2 N–H and O–H groups in total. The van der Waals surface area contributed by atoms with Gasteiger partial charge in [-0.15, -0.1) is 0 Å². The first-order valence-corrected chi connectivity index (χ1v) is 10.2. The Balaban J connectivity index is 1.37. The lowest BCUT2D eigenvalue weighted by molar-refractivity contribution is 0.0200. The Bertz CT molecular complexity index is 809. The number of anilines is 1. The zero-order valence-corrected chi connectivity index (χ0v) is 16.3. The third kappa shape index (κ3) is 4.36. The molecule has 3 atom stereocenters. The fourth-order valence-electron chi connectivity index (χ4n) is 4.67. The Morgan fingerprint density at radius 2 is 1.75 bits per heavy atom. The number of urea groups is 1. The van der Waals surface area contributed by atoms with E-state index in [1.165, 1.54) is 36.5 Å². The van der Waals surface area contributed by atoms with E-state index < -0.39 is 5.82 Å². The predicted molar refractivity (Wildman–Crippen MR) is 110 cm³/mol. The summed E-state index contributed by atoms with van der Waals surface area (Å²) in [4.78, 5) is 15.0. The maximum absolute atomic E-state index is 13.8. The van der Waals surface area contributed by atoms with Crippen molar-refractivity contribution in [1.82, 2.24) is 10.2 Å². The highest BCUT2D eigenvalue weighted by Gasteiger charge is 2.38. The average molecular weight is 381 g/mol. The summed E-state index contributed by atoms with van der Waals surface area (Å²) in [5, 5.41) is 5.71. The minimum absolute atomic E-state index is 0.136. The number of amides is 2. The van der Waals surface area contributed by atoms with Crippen LogP contribution in [0.1, 0.15) is 43.2 Å². The molecule has 2 aliphatic heterocycles. The topological polar surface area (TPSA) is 44.4 Å². The molecule has 2 aromatic rings. The van der Waals surface area contributed by atoms with E-state index in [0.717, 1.165) is 19.4 Å². The zero-order valence-electron chi connectivity index (χ0n) is 16.3. The van der Waals surface area contributed by atoms with Gasteiger partial charge in [-0.05, 0) is 50.3 Å². The number of carbonyl (C=O) groups excluding carboxylic acids is 1. The van der Waals surface area contributed by atoms with Gasteiger partial charge < -0.3 is 10.6 Å². The maximum atomic E-state index is 13.8. The van der Waals surface area contributed by atoms with Gasteiger partial charge in [-0.25, -0.2) is 9.18 Å². The molecule has 5 heteroatoms. The molecule has 2 heterocycles. The van der Waals surface area contributed by atoms with Gasteiger partial charge in [0.1, 0.15) is 5.82 Å². The van der Waals surface area contributed by atoms with Crippen molar-refractivity contribution in [3.63, 3.8) is 0 Å². The number of halogens is 1. The highest BCUT2D eigenvalue weighted by Crippen LogP contribution is 2.35. The van der Waals surface area contributed by atoms with E-state index in [0.29, 0.717) is 12.1 Å². The Hall–Kier alpha value is -2.40. The lowest BCUT2D eigenvalue weighted by Crippen LogP contribution is -2.56. The first-order chi connectivity index (χ1) is 13.6. The molecule has 28 heavy (non-hydrogen) atoms. The Labute approximate surface area is 166 Å². The van der Waals surface area contributed by atoms with Gasteiger partial charge >= 0.3 is 6.03 Å². The molecule has 4 nitrogen and oxygen atoms in total. The van der Waals surface area contributed by atoms with E-state index in [1.807, 2.05) is 0 Å². The van der Waals surface area contributed by atoms with Crippen LogP contribution in [0.5, 0.6) is 0 Å². The van der Waals surface area contributed by atoms with Crippen LogP contribution in [-0.4, -0.2) is 29.1 Å². The van der Waals surface area contributed by atoms with Crippen molar-refractivity contribution in [2.45, 2.75) is 63.7 Å². The van der Waals surface area contributed by atoms with Crippen molar-refractivity contribution in [3.8, 4) is 0 Å². The normalized spacial score (nSPS) is 24.6. The van der Waals surface area contributed by atoms with Crippen LogP contribution in [0.25, 0.3) is 0 Å². The first-order valence-electron chi connectivity index (χ1n) is 10.2. The first kappa shape index (κ1) is 18.9. The minimum atomic E-state index is -0.414. The molecule has 2 fully saturated rings. The molecule has 0 aromatic heterocycles. The van der Waals surface area contributed by atoms with Crippen molar-refractivity contribution in [1.29, 1.82) is 0 Å². The fourth-order valence-corrected chi connectivity index (χ4v) is 4.67. The molecule has 0 saturated carbocycles. The van der Waals surface area contributed by atoms with E-state index in [9.17, 15) is 9.18 Å². The van der Waals surface area contributed by atoms with Crippen molar-refractivity contribution in [2.24, 2.45) is 0 Å². The summed E-state index contributed by atoms with van der Waals surface area (Å²) in [5.41, 5.74) is 2.86. The number of rotatable bonds is 4. The molecule has 2 saturated heterocycles. The van der Waals surface area contributed by atoms with Crippen LogP contribution >= 0.6 is 0 Å². The van der Waals surface area contributed by atoms with Gasteiger partial charge in [0.25, 0.3) is 0 Å². The van der Waals surface area contributed by atoms with Gasteiger partial charge in [-0.2, -0.15) is 0 Å². The molecule has 0 radical (unpaired) electrons. The molecular formula is C23H28FN3O. The van der Waals surface area contributed by atoms with Gasteiger partial charge in [-0.1, -0.05) is 48.4 Å². The van der Waals surface area contributed by atoms with Gasteiger partial charge in [0.15, 0.2) is 0 Å². The quantitative estimate of drug-likeness (QED) is 0.796. The molecular weight excluding hydrogens is 353 g/mol. The molecule has 2 amide bonds. The van der Waals surface area contributed by atoms with Crippen molar-refractivity contribution >= 4 is 11.7 Å². The number of benzene rings is 2. The van der Waals surface area contributed by atoms with Crippen LogP contribution in [0.2, 0.25) is 0 Å². The van der Waals surface area contributed by atoms with Crippen LogP contribution in [0, 0.1) is 12.7 Å². The number of hydrogen-bond acceptors (Lipinski definition) is 2. The smallest absolute Gasteiger partial charge is 0.319 e. The summed E-state index contributed by atoms with van der Waals surface area (Å²) in [5.74, 6) is -0.414. The lowest BCUT2D eigenvalue weighted by atomic mass is 9.81. The fraction of sp³-hybridized carbons (Fsp3) is 0.435. The molecule has 2 aliphatic rings. The van der Waals surface area contributed by atoms with Gasteiger partial charge in [-0.3, -0.25) is 4.90 Å². The summed E-state index contributed by atoms with van der Waals surface area (Å²) in [7, 11) is 0. The summed E-state index contributed by atoms with van der Waals surface area (Å²) < 4.78 is 13.8. The van der Waals surface area contributed by atoms with Crippen LogP contribution in [0.15, 0.2) is 48.5 Å². The van der Waals surface area contributed by atoms with Gasteiger partial charge in [0.2, 0.25) is 0 Å². The monoisotopic (exact) mass is 381 g/mol.